The van der Waals surface area contributed by atoms with Crippen molar-refractivity contribution in [3.8, 4) is 5.75 Å². The summed E-state index contributed by atoms with van der Waals surface area (Å²) >= 11 is 7.83. The molecule has 7 heteroatoms. The highest BCUT2D eigenvalue weighted by molar-refractivity contribution is 7.11. The van der Waals surface area contributed by atoms with E-state index in [0.29, 0.717) is 31.2 Å². The van der Waals surface area contributed by atoms with E-state index in [0.717, 1.165) is 44.8 Å². The van der Waals surface area contributed by atoms with Crippen LogP contribution in [0.1, 0.15) is 35.4 Å². The number of aryl methyl sites for hydroxylation is 1. The average molecular weight is 463 g/mol. The van der Waals surface area contributed by atoms with Gasteiger partial charge in [0, 0.05) is 47.5 Å². The second-order valence-electron chi connectivity index (χ2n) is 8.62. The highest BCUT2D eigenvalue weighted by Crippen LogP contribution is 2.28. The van der Waals surface area contributed by atoms with Gasteiger partial charge < -0.3 is 14.4 Å². The van der Waals surface area contributed by atoms with Crippen LogP contribution in [0, 0.1) is 6.92 Å². The number of likely N-dealkylation sites (tertiary alicyclic amines) is 1. The number of benzene rings is 1. The molecular weight excluding hydrogens is 432 g/mol. The van der Waals surface area contributed by atoms with E-state index in [9.17, 15) is 4.79 Å². The molecule has 0 spiro atoms. The van der Waals surface area contributed by atoms with E-state index in [4.69, 9.17) is 21.1 Å². The van der Waals surface area contributed by atoms with Gasteiger partial charge in [-0.25, -0.2) is 0 Å². The zero-order valence-corrected chi connectivity index (χ0v) is 19.7. The van der Waals surface area contributed by atoms with Crippen molar-refractivity contribution in [3.05, 3.63) is 51.2 Å². The first-order chi connectivity index (χ1) is 15.0. The number of amides is 1. The lowest BCUT2D eigenvalue weighted by Crippen LogP contribution is -2.57. The van der Waals surface area contributed by atoms with E-state index in [-0.39, 0.29) is 5.91 Å². The highest BCUT2D eigenvalue weighted by atomic mass is 35.5. The Labute approximate surface area is 193 Å². The van der Waals surface area contributed by atoms with Gasteiger partial charge in [-0.15, -0.1) is 11.3 Å². The van der Waals surface area contributed by atoms with Crippen LogP contribution < -0.4 is 4.74 Å². The third kappa shape index (κ3) is 6.22. The molecule has 1 aromatic carbocycles. The number of piperidine rings is 1. The number of carbonyl (C=O) groups is 1. The van der Waals surface area contributed by atoms with E-state index < -0.39 is 5.60 Å². The minimum Gasteiger partial charge on any atom is -0.491 e. The molecule has 0 N–H and O–H groups in total. The first-order valence-corrected chi connectivity index (χ1v) is 12.3. The van der Waals surface area contributed by atoms with Gasteiger partial charge in [-0.05, 0) is 62.6 Å². The van der Waals surface area contributed by atoms with Crippen LogP contribution in [0.15, 0.2) is 36.4 Å². The molecule has 2 fully saturated rings. The average Bonchev–Trinajstić information content (AvgIpc) is 3.18. The predicted molar refractivity (Wildman–Crippen MR) is 125 cm³/mol. The molecule has 1 atom stereocenters. The quantitative estimate of drug-likeness (QED) is 0.594. The van der Waals surface area contributed by atoms with Crippen LogP contribution in [0.4, 0.5) is 0 Å². The summed E-state index contributed by atoms with van der Waals surface area (Å²) in [6, 6.07) is 11.7. The number of ether oxygens (including phenoxy) is 2. The lowest BCUT2D eigenvalue weighted by Gasteiger charge is -2.43. The van der Waals surface area contributed by atoms with Gasteiger partial charge in [-0.3, -0.25) is 9.69 Å². The van der Waals surface area contributed by atoms with E-state index >= 15 is 0 Å². The van der Waals surface area contributed by atoms with Crippen LogP contribution in [0.3, 0.4) is 0 Å². The smallest absolute Gasteiger partial charge is 0.225 e. The molecule has 168 valence electrons. The van der Waals surface area contributed by atoms with Gasteiger partial charge in [0.05, 0.1) is 13.0 Å². The molecule has 2 saturated heterocycles. The summed E-state index contributed by atoms with van der Waals surface area (Å²) in [6.45, 7) is 7.19. The Hall–Kier alpha value is -1.60. The molecule has 5 nitrogen and oxygen atoms in total. The van der Waals surface area contributed by atoms with Gasteiger partial charge in [-0.2, -0.15) is 0 Å². The van der Waals surface area contributed by atoms with Crippen LogP contribution in [0.25, 0.3) is 0 Å². The SMILES string of the molecule is Cc1ccc(CN2CCOC(COc3ccc(Cl)cc3)(CC(=O)N3CCCCC3)C2)s1. The Bertz CT molecular complexity index is 866. The number of hydrogen-bond acceptors (Lipinski definition) is 5. The lowest BCUT2D eigenvalue weighted by molar-refractivity contribution is -0.157. The van der Waals surface area contributed by atoms with Gasteiger partial charge in [0.15, 0.2) is 0 Å². The zero-order valence-electron chi connectivity index (χ0n) is 18.1. The number of morpholine rings is 1. The van der Waals surface area contributed by atoms with Crippen molar-refractivity contribution in [1.29, 1.82) is 0 Å². The molecule has 0 radical (unpaired) electrons. The third-order valence-electron chi connectivity index (χ3n) is 6.00. The summed E-state index contributed by atoms with van der Waals surface area (Å²) in [5, 5.41) is 0.675. The molecule has 1 aromatic heterocycles. The Morgan fingerprint density at radius 3 is 2.61 bits per heavy atom. The van der Waals surface area contributed by atoms with Crippen molar-refractivity contribution < 1.29 is 14.3 Å². The van der Waals surface area contributed by atoms with E-state index in [1.165, 1.54) is 16.2 Å². The normalized spacial score (nSPS) is 22.5. The Morgan fingerprint density at radius 1 is 1.13 bits per heavy atom. The molecule has 0 aliphatic carbocycles. The van der Waals surface area contributed by atoms with Gasteiger partial charge in [0.25, 0.3) is 0 Å². The summed E-state index contributed by atoms with van der Waals surface area (Å²) < 4.78 is 12.4. The molecule has 31 heavy (non-hydrogen) atoms. The standard InChI is InChI=1S/C24H31ClN2O3S/c1-19-5-10-22(31-19)16-26-13-14-30-24(17-26,15-23(28)27-11-3-2-4-12-27)18-29-21-8-6-20(25)7-9-21/h5-10H,2-4,11-18H2,1H3. The molecule has 3 heterocycles. The van der Waals surface area contributed by atoms with Crippen LogP contribution in [0.2, 0.25) is 5.02 Å². The first-order valence-electron chi connectivity index (χ1n) is 11.1. The van der Waals surface area contributed by atoms with Crippen LogP contribution >= 0.6 is 22.9 Å². The molecule has 1 amide bonds. The minimum absolute atomic E-state index is 0.174. The molecule has 0 bridgehead atoms. The number of carbonyl (C=O) groups excluding carboxylic acids is 1. The second-order valence-corrected chi connectivity index (χ2v) is 10.4. The topological polar surface area (TPSA) is 42.0 Å². The number of hydrogen-bond donors (Lipinski definition) is 0. The van der Waals surface area contributed by atoms with Crippen LogP contribution in [-0.2, 0) is 16.1 Å². The Kier molecular flexibility index (Phi) is 7.54. The van der Waals surface area contributed by atoms with Crippen molar-refractivity contribution in [2.24, 2.45) is 0 Å². The fourth-order valence-corrected chi connectivity index (χ4v) is 5.43. The monoisotopic (exact) mass is 462 g/mol. The number of halogens is 1. The summed E-state index contributed by atoms with van der Waals surface area (Å²) in [4.78, 5) is 20.2. The van der Waals surface area contributed by atoms with Gasteiger partial charge >= 0.3 is 0 Å². The summed E-state index contributed by atoms with van der Waals surface area (Å²) in [6.07, 6.45) is 3.73. The molecule has 2 aliphatic rings. The molecule has 0 saturated carbocycles. The van der Waals surface area contributed by atoms with Gasteiger partial charge in [-0.1, -0.05) is 11.6 Å². The molecule has 2 aromatic rings. The molecule has 1 unspecified atom stereocenters. The maximum Gasteiger partial charge on any atom is 0.225 e. The minimum atomic E-state index is -0.654. The van der Waals surface area contributed by atoms with Crippen molar-refractivity contribution in [2.45, 2.75) is 44.8 Å². The maximum absolute atomic E-state index is 13.2. The number of rotatable bonds is 7. The third-order valence-corrected chi connectivity index (χ3v) is 7.24. The largest absolute Gasteiger partial charge is 0.491 e. The van der Waals surface area contributed by atoms with Crippen molar-refractivity contribution in [3.63, 3.8) is 0 Å². The first kappa shape index (κ1) is 22.6. The Morgan fingerprint density at radius 2 is 1.90 bits per heavy atom. The van der Waals surface area contributed by atoms with Crippen LogP contribution in [-0.4, -0.2) is 60.7 Å². The number of nitrogens with zero attached hydrogens (tertiary/aromatic N) is 2. The molecule has 2 aliphatic heterocycles. The van der Waals surface area contributed by atoms with Crippen molar-refractivity contribution >= 4 is 28.8 Å². The number of thiophene rings is 1. The van der Waals surface area contributed by atoms with E-state index in [2.05, 4.69) is 24.0 Å². The lowest BCUT2D eigenvalue weighted by atomic mass is 9.96. The predicted octanol–water partition coefficient (Wildman–Crippen LogP) is 4.76. The maximum atomic E-state index is 13.2. The van der Waals surface area contributed by atoms with E-state index in [1.807, 2.05) is 40.5 Å². The van der Waals surface area contributed by atoms with E-state index in [1.54, 1.807) is 0 Å². The fourth-order valence-electron chi connectivity index (χ4n) is 4.37. The second kappa shape index (κ2) is 10.3. The van der Waals surface area contributed by atoms with Gasteiger partial charge in [0.1, 0.15) is 18.0 Å². The highest BCUT2D eigenvalue weighted by Gasteiger charge is 2.41. The molecular formula is C24H31ClN2O3S. The summed E-state index contributed by atoms with van der Waals surface area (Å²) in [7, 11) is 0. The summed E-state index contributed by atoms with van der Waals surface area (Å²) in [5.74, 6) is 0.914. The van der Waals surface area contributed by atoms with Crippen LogP contribution in [0.5, 0.6) is 5.75 Å². The van der Waals surface area contributed by atoms with Crippen molar-refractivity contribution in [1.82, 2.24) is 9.80 Å². The fraction of sp³-hybridized carbons (Fsp3) is 0.542. The summed E-state index contributed by atoms with van der Waals surface area (Å²) in [5.41, 5.74) is -0.654. The van der Waals surface area contributed by atoms with Crippen molar-refractivity contribution in [2.75, 3.05) is 39.4 Å². The Balaban J connectivity index is 1.47. The van der Waals surface area contributed by atoms with Gasteiger partial charge in [0.2, 0.25) is 5.91 Å². The molecule has 4 rings (SSSR count). The zero-order chi connectivity index (χ0) is 21.7.